The molecule has 0 fully saturated rings. The number of hydrogen-bond donors (Lipinski definition) is 0. The predicted octanol–water partition coefficient (Wildman–Crippen LogP) is 8.65. The molecular formula is C35H33BrN2O2. The minimum absolute atomic E-state index is 0.353. The molecule has 0 saturated carbocycles. The van der Waals surface area contributed by atoms with Gasteiger partial charge in [0.05, 0.1) is 17.3 Å². The molecule has 0 radical (unpaired) electrons. The quantitative estimate of drug-likeness (QED) is 0.152. The van der Waals surface area contributed by atoms with Crippen molar-refractivity contribution in [2.45, 2.75) is 24.7 Å². The third-order valence-electron chi connectivity index (χ3n) is 7.96. The minimum atomic E-state index is 0.353. The first kappa shape index (κ1) is 26.4. The highest BCUT2D eigenvalue weighted by Crippen LogP contribution is 2.50. The topological polar surface area (TPSA) is 34.1 Å². The van der Waals surface area contributed by atoms with E-state index < -0.39 is 0 Å². The van der Waals surface area contributed by atoms with Crippen LogP contribution < -0.4 is 14.4 Å². The molecule has 0 spiro atoms. The van der Waals surface area contributed by atoms with Crippen molar-refractivity contribution in [3.8, 4) is 11.5 Å². The van der Waals surface area contributed by atoms with E-state index in [-0.39, 0.29) is 0 Å². The molecule has 6 rings (SSSR count). The SMILES string of the molecule is C=CCOc1c(Br)cc(C=Nc2cc3c4c(c2)[C@H](c2ccccc2)CCN4CC[C@H]3c2ccccc2)cc1OC. The van der Waals surface area contributed by atoms with Crippen LogP contribution in [-0.2, 0) is 0 Å². The average molecular weight is 594 g/mol. The monoisotopic (exact) mass is 592 g/mol. The lowest BCUT2D eigenvalue weighted by Gasteiger charge is -2.43. The molecule has 5 heteroatoms. The van der Waals surface area contributed by atoms with Gasteiger partial charge in [0.15, 0.2) is 11.5 Å². The van der Waals surface area contributed by atoms with Crippen LogP contribution in [0.15, 0.2) is 107 Å². The van der Waals surface area contributed by atoms with Gasteiger partial charge in [-0.1, -0.05) is 73.3 Å². The molecule has 0 saturated heterocycles. The van der Waals surface area contributed by atoms with Gasteiger partial charge < -0.3 is 14.4 Å². The smallest absolute Gasteiger partial charge is 0.175 e. The normalized spacial score (nSPS) is 17.9. The lowest BCUT2D eigenvalue weighted by molar-refractivity contribution is 0.324. The van der Waals surface area contributed by atoms with Gasteiger partial charge in [0.1, 0.15) is 6.61 Å². The Balaban J connectivity index is 1.45. The fourth-order valence-electron chi connectivity index (χ4n) is 6.16. The molecule has 4 aromatic rings. The van der Waals surface area contributed by atoms with Gasteiger partial charge in [-0.15, -0.1) is 0 Å². The molecule has 2 heterocycles. The summed E-state index contributed by atoms with van der Waals surface area (Å²) in [5.74, 6) is 2.02. The fraction of sp³-hybridized carbons (Fsp3) is 0.229. The van der Waals surface area contributed by atoms with E-state index in [0.717, 1.165) is 41.7 Å². The maximum atomic E-state index is 5.80. The van der Waals surface area contributed by atoms with E-state index in [0.29, 0.717) is 29.9 Å². The van der Waals surface area contributed by atoms with Crippen molar-refractivity contribution >= 4 is 33.5 Å². The number of rotatable bonds is 8. The predicted molar refractivity (Wildman–Crippen MR) is 168 cm³/mol. The van der Waals surface area contributed by atoms with Gasteiger partial charge in [-0.05, 0) is 80.9 Å². The Labute approximate surface area is 245 Å². The zero-order chi connectivity index (χ0) is 27.5. The molecule has 2 aliphatic heterocycles. The Hall–Kier alpha value is -3.83. The molecule has 0 aromatic heterocycles. The van der Waals surface area contributed by atoms with Crippen LogP contribution in [0, 0.1) is 0 Å². The van der Waals surface area contributed by atoms with Crippen LogP contribution in [0.4, 0.5) is 11.4 Å². The first-order chi connectivity index (χ1) is 19.7. The zero-order valence-electron chi connectivity index (χ0n) is 22.7. The molecule has 2 atom stereocenters. The van der Waals surface area contributed by atoms with Crippen molar-refractivity contribution in [1.82, 2.24) is 0 Å². The highest BCUT2D eigenvalue weighted by atomic mass is 79.9. The van der Waals surface area contributed by atoms with Crippen molar-refractivity contribution in [3.05, 3.63) is 130 Å². The van der Waals surface area contributed by atoms with Gasteiger partial charge in [-0.25, -0.2) is 0 Å². The summed E-state index contributed by atoms with van der Waals surface area (Å²) in [6, 6.07) is 30.4. The molecule has 0 N–H and O–H groups in total. The van der Waals surface area contributed by atoms with Gasteiger partial charge in [-0.3, -0.25) is 4.99 Å². The molecule has 0 amide bonds. The number of anilines is 1. The summed E-state index contributed by atoms with van der Waals surface area (Å²) in [6.45, 7) is 6.31. The summed E-state index contributed by atoms with van der Waals surface area (Å²) in [7, 11) is 1.65. The molecule has 202 valence electrons. The zero-order valence-corrected chi connectivity index (χ0v) is 24.3. The summed E-state index contributed by atoms with van der Waals surface area (Å²) in [5.41, 5.74) is 8.83. The van der Waals surface area contributed by atoms with Crippen LogP contribution in [0.3, 0.4) is 0 Å². The summed E-state index contributed by atoms with van der Waals surface area (Å²) in [4.78, 5) is 7.63. The maximum Gasteiger partial charge on any atom is 0.175 e. The Kier molecular flexibility index (Phi) is 7.74. The summed E-state index contributed by atoms with van der Waals surface area (Å²) < 4.78 is 12.2. The van der Waals surface area contributed by atoms with Crippen molar-refractivity contribution < 1.29 is 9.47 Å². The lowest BCUT2D eigenvalue weighted by atomic mass is 9.76. The second kappa shape index (κ2) is 11.7. The Bertz CT molecular complexity index is 1460. The number of hydrogen-bond acceptors (Lipinski definition) is 4. The summed E-state index contributed by atoms with van der Waals surface area (Å²) in [5, 5.41) is 0. The minimum Gasteiger partial charge on any atom is -0.493 e. The molecule has 40 heavy (non-hydrogen) atoms. The summed E-state index contributed by atoms with van der Waals surface area (Å²) in [6.07, 6.45) is 5.85. The largest absolute Gasteiger partial charge is 0.493 e. The molecule has 4 nitrogen and oxygen atoms in total. The number of nitrogens with zero attached hydrogens (tertiary/aromatic N) is 2. The first-order valence-corrected chi connectivity index (χ1v) is 14.6. The second-order valence-electron chi connectivity index (χ2n) is 10.4. The molecule has 0 unspecified atom stereocenters. The van der Waals surface area contributed by atoms with Gasteiger partial charge in [0, 0.05) is 36.8 Å². The highest BCUT2D eigenvalue weighted by molar-refractivity contribution is 9.10. The van der Waals surface area contributed by atoms with Crippen molar-refractivity contribution in [2.75, 3.05) is 31.7 Å². The van der Waals surface area contributed by atoms with Gasteiger partial charge in [0.2, 0.25) is 0 Å². The van der Waals surface area contributed by atoms with Gasteiger partial charge in [0.25, 0.3) is 0 Å². The lowest BCUT2D eigenvalue weighted by Crippen LogP contribution is -2.37. The molecule has 0 bridgehead atoms. The van der Waals surface area contributed by atoms with Crippen molar-refractivity contribution in [1.29, 1.82) is 0 Å². The fourth-order valence-corrected chi connectivity index (χ4v) is 6.73. The average Bonchev–Trinajstić information content (AvgIpc) is 3.00. The van der Waals surface area contributed by atoms with Gasteiger partial charge >= 0.3 is 0 Å². The number of benzene rings is 4. The highest BCUT2D eigenvalue weighted by Gasteiger charge is 2.35. The van der Waals surface area contributed by atoms with Crippen LogP contribution in [0.5, 0.6) is 11.5 Å². The van der Waals surface area contributed by atoms with Crippen LogP contribution in [0.1, 0.15) is 52.5 Å². The van der Waals surface area contributed by atoms with Crippen molar-refractivity contribution in [2.24, 2.45) is 4.99 Å². The second-order valence-corrected chi connectivity index (χ2v) is 11.2. The van der Waals surface area contributed by atoms with Crippen LogP contribution in [0.25, 0.3) is 0 Å². The maximum absolute atomic E-state index is 5.80. The number of methoxy groups -OCH3 is 1. The number of halogens is 1. The number of ether oxygens (including phenoxy) is 2. The molecular weight excluding hydrogens is 560 g/mol. The van der Waals surface area contributed by atoms with E-state index in [9.17, 15) is 0 Å². The van der Waals surface area contributed by atoms with Crippen LogP contribution >= 0.6 is 15.9 Å². The third-order valence-corrected chi connectivity index (χ3v) is 8.55. The van der Waals surface area contributed by atoms with E-state index in [4.69, 9.17) is 14.5 Å². The summed E-state index contributed by atoms with van der Waals surface area (Å²) >= 11 is 3.64. The van der Waals surface area contributed by atoms with E-state index >= 15 is 0 Å². The Morgan fingerprint density at radius 2 is 1.50 bits per heavy atom. The van der Waals surface area contributed by atoms with Crippen LogP contribution in [0.2, 0.25) is 0 Å². The van der Waals surface area contributed by atoms with E-state index in [1.807, 2.05) is 18.3 Å². The van der Waals surface area contributed by atoms with Gasteiger partial charge in [-0.2, -0.15) is 0 Å². The van der Waals surface area contributed by atoms with Crippen LogP contribution in [-0.4, -0.2) is 33.0 Å². The Morgan fingerprint density at radius 1 is 0.900 bits per heavy atom. The molecule has 2 aliphatic rings. The number of aliphatic imine (C=N–C) groups is 1. The first-order valence-electron chi connectivity index (χ1n) is 13.8. The van der Waals surface area contributed by atoms with Crippen molar-refractivity contribution in [3.63, 3.8) is 0 Å². The Morgan fingerprint density at radius 3 is 2.05 bits per heavy atom. The van der Waals surface area contributed by atoms with E-state index in [1.54, 1.807) is 13.2 Å². The van der Waals surface area contributed by atoms with E-state index in [2.05, 4.69) is 100 Å². The third kappa shape index (κ3) is 5.18. The van der Waals surface area contributed by atoms with E-state index in [1.165, 1.54) is 27.9 Å². The molecule has 0 aliphatic carbocycles. The standard InChI is InChI=1S/C35H33BrN2O2/c1-3-18-40-35-32(36)19-24(20-33(35)39-2)23-37-27-21-30-28(25-10-6-4-7-11-25)14-16-38-17-15-29(31(22-27)34(30)38)26-12-8-5-9-13-26/h3-13,19-23,28-29H,1,14-18H2,2H3/t28-,29-/m0/s1. The molecule has 4 aromatic carbocycles.